The number of nitrogens with one attached hydrogen (secondary N) is 3. The predicted molar refractivity (Wildman–Crippen MR) is 175 cm³/mol. The van der Waals surface area contributed by atoms with Crippen LogP contribution in [0.25, 0.3) is 0 Å². The first-order chi connectivity index (χ1) is 17.0. The molecule has 200 valence electrons. The number of benzene rings is 3. The zero-order valence-electron chi connectivity index (χ0n) is 25.3. The van der Waals surface area contributed by atoms with Gasteiger partial charge >= 0.3 is 0 Å². The van der Waals surface area contributed by atoms with Crippen molar-refractivity contribution < 1.29 is 0 Å². The van der Waals surface area contributed by atoms with E-state index in [-0.39, 0.29) is 0 Å². The van der Waals surface area contributed by atoms with Crippen molar-refractivity contribution in [1.82, 2.24) is 0 Å². The standard InChI is InChI=1S/C31H49N3Si3/c1-22-13-23(2)17-28(16-22)32-35(7,8)31(36(9,10)33-29-18-24(3)14-25(4)19-29)37(11,12)34-30-20-26(5)15-27(6)21-30/h13-21,31-34H,1-12H3. The Balaban J connectivity index is 2.08. The zero-order chi connectivity index (χ0) is 27.8. The summed E-state index contributed by atoms with van der Waals surface area (Å²) in [5, 5.41) is 0. The van der Waals surface area contributed by atoms with E-state index in [1.165, 1.54) is 50.4 Å². The van der Waals surface area contributed by atoms with Crippen LogP contribution in [0.15, 0.2) is 54.6 Å². The first-order valence-electron chi connectivity index (χ1n) is 13.6. The van der Waals surface area contributed by atoms with Gasteiger partial charge in [-0.1, -0.05) is 57.5 Å². The lowest BCUT2D eigenvalue weighted by Gasteiger charge is -2.50. The van der Waals surface area contributed by atoms with Crippen molar-refractivity contribution in [3.63, 3.8) is 0 Å². The smallest absolute Gasteiger partial charge is 0.148 e. The fourth-order valence-corrected chi connectivity index (χ4v) is 33.2. The van der Waals surface area contributed by atoms with E-state index >= 15 is 0 Å². The molecule has 3 N–H and O–H groups in total. The molecule has 3 aromatic carbocycles. The van der Waals surface area contributed by atoms with Crippen LogP contribution < -0.4 is 14.9 Å². The lowest BCUT2D eigenvalue weighted by atomic mass is 10.1. The van der Waals surface area contributed by atoms with Crippen LogP contribution >= 0.6 is 0 Å². The van der Waals surface area contributed by atoms with Crippen LogP contribution in [0.1, 0.15) is 33.4 Å². The third-order valence-electron chi connectivity index (χ3n) is 7.23. The summed E-state index contributed by atoms with van der Waals surface area (Å²) in [4.78, 5) is 13.1. The van der Waals surface area contributed by atoms with Gasteiger partial charge in [-0.15, -0.1) is 0 Å². The van der Waals surface area contributed by atoms with E-state index in [0.29, 0.717) is 4.79 Å². The van der Waals surface area contributed by atoms with Crippen LogP contribution in [0.2, 0.25) is 44.1 Å². The summed E-state index contributed by atoms with van der Waals surface area (Å²) in [7, 11) is -6.01. The summed E-state index contributed by atoms with van der Waals surface area (Å²) in [5.74, 6) is 0. The SMILES string of the molecule is Cc1cc(C)cc(N[Si](C)(C)C([Si](C)(C)Nc2cc(C)cc(C)c2)[Si](C)(C)Nc2cc(C)cc(C)c2)c1. The highest BCUT2D eigenvalue weighted by molar-refractivity contribution is 7.15. The highest BCUT2D eigenvalue weighted by Crippen LogP contribution is 2.42. The Morgan fingerprint density at radius 1 is 0.378 bits per heavy atom. The van der Waals surface area contributed by atoms with E-state index in [1.807, 2.05) is 0 Å². The molecule has 0 heterocycles. The van der Waals surface area contributed by atoms with Gasteiger partial charge in [-0.25, -0.2) is 0 Å². The molecule has 0 amide bonds. The maximum atomic E-state index is 4.16. The van der Waals surface area contributed by atoms with Crippen molar-refractivity contribution in [3.8, 4) is 0 Å². The van der Waals surface area contributed by atoms with Crippen LogP contribution in [0.5, 0.6) is 0 Å². The van der Waals surface area contributed by atoms with E-state index in [1.54, 1.807) is 0 Å². The summed E-state index contributed by atoms with van der Waals surface area (Å²) in [6.45, 7) is 28.5. The average Bonchev–Trinajstić information content (AvgIpc) is 2.62. The molecule has 3 nitrogen and oxygen atoms in total. The molecule has 0 bridgehead atoms. The second-order valence-corrected chi connectivity index (χ2v) is 27.6. The molecule has 0 saturated carbocycles. The van der Waals surface area contributed by atoms with Gasteiger partial charge in [0.1, 0.15) is 24.7 Å². The molecule has 3 rings (SSSR count). The van der Waals surface area contributed by atoms with E-state index < -0.39 is 24.7 Å². The van der Waals surface area contributed by atoms with Crippen molar-refractivity contribution >= 4 is 41.8 Å². The lowest BCUT2D eigenvalue weighted by molar-refractivity contribution is 1.29. The first kappa shape index (κ1) is 29.3. The lowest BCUT2D eigenvalue weighted by Crippen LogP contribution is -2.67. The van der Waals surface area contributed by atoms with Crippen molar-refractivity contribution in [3.05, 3.63) is 88.0 Å². The molecule has 0 aliphatic carbocycles. The molecule has 0 fully saturated rings. The minimum absolute atomic E-state index is 0.579. The van der Waals surface area contributed by atoms with Crippen molar-refractivity contribution in [2.75, 3.05) is 14.9 Å². The van der Waals surface area contributed by atoms with Gasteiger partial charge < -0.3 is 14.9 Å². The molecule has 0 atom stereocenters. The number of hydrogen-bond donors (Lipinski definition) is 3. The highest BCUT2D eigenvalue weighted by atomic mass is 28.5. The number of anilines is 3. The molecule has 0 aliphatic rings. The van der Waals surface area contributed by atoms with Gasteiger partial charge in [0.05, 0.1) is 0 Å². The van der Waals surface area contributed by atoms with E-state index in [9.17, 15) is 0 Å². The number of hydrogen-bond acceptors (Lipinski definition) is 3. The highest BCUT2D eigenvalue weighted by Gasteiger charge is 2.54. The molecule has 0 radical (unpaired) electrons. The normalized spacial score (nSPS) is 12.6. The quantitative estimate of drug-likeness (QED) is 0.234. The molecular formula is C31H49N3Si3. The van der Waals surface area contributed by atoms with Gasteiger partial charge in [-0.3, -0.25) is 0 Å². The maximum Gasteiger partial charge on any atom is 0.148 e. The summed E-state index contributed by atoms with van der Waals surface area (Å²) in [6, 6.07) is 20.7. The number of aryl methyl sites for hydroxylation is 6. The summed E-state index contributed by atoms with van der Waals surface area (Å²) < 4.78 is 0. The van der Waals surface area contributed by atoms with E-state index in [0.717, 1.165) is 0 Å². The fraction of sp³-hybridized carbons (Fsp3) is 0.419. The van der Waals surface area contributed by atoms with Crippen molar-refractivity contribution in [2.45, 2.75) is 85.6 Å². The summed E-state index contributed by atoms with van der Waals surface area (Å²) in [5.41, 5.74) is 11.7. The van der Waals surface area contributed by atoms with Gasteiger partial charge in [-0.2, -0.15) is 0 Å². The Hall–Kier alpha value is -2.29. The molecule has 0 aromatic heterocycles. The van der Waals surface area contributed by atoms with Crippen LogP contribution in [0.4, 0.5) is 17.1 Å². The van der Waals surface area contributed by atoms with Crippen molar-refractivity contribution in [2.24, 2.45) is 0 Å². The molecule has 3 aromatic rings. The van der Waals surface area contributed by atoms with Crippen LogP contribution in [-0.2, 0) is 0 Å². The van der Waals surface area contributed by atoms with Crippen LogP contribution in [0, 0.1) is 41.5 Å². The molecule has 0 spiro atoms. The number of rotatable bonds is 9. The van der Waals surface area contributed by atoms with Crippen LogP contribution in [0.3, 0.4) is 0 Å². The van der Waals surface area contributed by atoms with E-state index in [4.69, 9.17) is 0 Å². The third kappa shape index (κ3) is 7.62. The Morgan fingerprint density at radius 3 is 0.757 bits per heavy atom. The Morgan fingerprint density at radius 2 is 0.568 bits per heavy atom. The summed E-state index contributed by atoms with van der Waals surface area (Å²) in [6.07, 6.45) is 0. The molecule has 37 heavy (non-hydrogen) atoms. The average molecular weight is 548 g/mol. The third-order valence-corrected chi connectivity index (χ3v) is 27.3. The maximum absolute atomic E-state index is 4.16. The largest absolute Gasteiger partial charge is 0.411 e. The van der Waals surface area contributed by atoms with E-state index in [2.05, 4.69) is 150 Å². The van der Waals surface area contributed by atoms with Gasteiger partial charge in [0.2, 0.25) is 0 Å². The minimum Gasteiger partial charge on any atom is -0.411 e. The monoisotopic (exact) mass is 547 g/mol. The Bertz CT molecular complexity index is 1050. The van der Waals surface area contributed by atoms with Crippen LogP contribution in [-0.4, -0.2) is 24.7 Å². The van der Waals surface area contributed by atoms with Gasteiger partial charge in [0.15, 0.2) is 0 Å². The molecule has 0 saturated heterocycles. The zero-order valence-corrected chi connectivity index (χ0v) is 28.3. The second kappa shape index (κ2) is 10.8. The van der Waals surface area contributed by atoms with Gasteiger partial charge in [0, 0.05) is 17.1 Å². The predicted octanol–water partition coefficient (Wildman–Crippen LogP) is 9.24. The summed E-state index contributed by atoms with van der Waals surface area (Å²) >= 11 is 0. The Kier molecular flexibility index (Phi) is 8.57. The van der Waals surface area contributed by atoms with Crippen molar-refractivity contribution in [1.29, 1.82) is 0 Å². The Labute approximate surface area is 229 Å². The topological polar surface area (TPSA) is 36.1 Å². The minimum atomic E-state index is -2.00. The molecule has 6 heteroatoms. The van der Waals surface area contributed by atoms with Gasteiger partial charge in [0.25, 0.3) is 0 Å². The first-order valence-corrected chi connectivity index (χ1v) is 22.8. The van der Waals surface area contributed by atoms with Gasteiger partial charge in [-0.05, 0) is 116 Å². The molecular weight excluding hydrogens is 499 g/mol. The molecule has 0 unspecified atom stereocenters. The molecule has 0 aliphatic heterocycles. The second-order valence-electron chi connectivity index (χ2n) is 13.1. The fourth-order valence-electron chi connectivity index (χ4n) is 7.18.